The average molecular weight is 246 g/mol. The second-order valence-corrected chi connectivity index (χ2v) is 3.41. The lowest BCUT2D eigenvalue weighted by Gasteiger charge is -2.14. The Labute approximate surface area is 100.0 Å². The Morgan fingerprint density at radius 3 is 2.41 bits per heavy atom. The summed E-state index contributed by atoms with van der Waals surface area (Å²) in [6.07, 6.45) is 1.29. The van der Waals surface area contributed by atoms with E-state index in [-0.39, 0.29) is 25.0 Å². The molecular formula is C10H18N2O5. The summed E-state index contributed by atoms with van der Waals surface area (Å²) in [5.41, 5.74) is 0. The van der Waals surface area contributed by atoms with Crippen LogP contribution >= 0.6 is 0 Å². The molecule has 0 aliphatic heterocycles. The molecular weight excluding hydrogens is 228 g/mol. The number of carbonyl (C=O) groups excluding carboxylic acids is 2. The van der Waals surface area contributed by atoms with E-state index in [9.17, 15) is 14.5 Å². The van der Waals surface area contributed by atoms with Crippen LogP contribution in [0.5, 0.6) is 0 Å². The summed E-state index contributed by atoms with van der Waals surface area (Å²) in [6, 6.07) is 0. The van der Waals surface area contributed by atoms with E-state index in [4.69, 9.17) is 4.74 Å². The minimum atomic E-state index is -0.346. The van der Waals surface area contributed by atoms with Crippen molar-refractivity contribution >= 4 is 11.9 Å². The molecule has 0 saturated heterocycles. The van der Waals surface area contributed by atoms with E-state index < -0.39 is 0 Å². The van der Waals surface area contributed by atoms with Crippen molar-refractivity contribution in [2.45, 2.75) is 26.2 Å². The van der Waals surface area contributed by atoms with Crippen LogP contribution in [0.3, 0.4) is 0 Å². The zero-order valence-electron chi connectivity index (χ0n) is 10.2. The molecule has 0 N–H and O–H groups in total. The van der Waals surface area contributed by atoms with Crippen molar-refractivity contribution < 1.29 is 19.1 Å². The van der Waals surface area contributed by atoms with Gasteiger partial charge >= 0.3 is 11.9 Å². The molecule has 17 heavy (non-hydrogen) atoms. The lowest BCUT2D eigenvalue weighted by atomic mass is 10.3. The van der Waals surface area contributed by atoms with Crippen molar-refractivity contribution in [3.63, 3.8) is 0 Å². The van der Waals surface area contributed by atoms with Crippen LogP contribution in [0.1, 0.15) is 26.2 Å². The summed E-state index contributed by atoms with van der Waals surface area (Å²) >= 11 is 0. The number of nitrogens with zero attached hydrogens (tertiary/aromatic N) is 2. The molecule has 0 spiro atoms. The van der Waals surface area contributed by atoms with E-state index in [0.717, 1.165) is 0 Å². The quantitative estimate of drug-likeness (QED) is 0.260. The zero-order chi connectivity index (χ0) is 13.1. The average Bonchev–Trinajstić information content (AvgIpc) is 2.31. The highest BCUT2D eigenvalue weighted by Crippen LogP contribution is 1.99. The van der Waals surface area contributed by atoms with Crippen LogP contribution < -0.4 is 0 Å². The first-order chi connectivity index (χ1) is 8.10. The van der Waals surface area contributed by atoms with Gasteiger partial charge in [-0.3, -0.25) is 14.6 Å². The van der Waals surface area contributed by atoms with Gasteiger partial charge in [0.25, 0.3) is 0 Å². The van der Waals surface area contributed by atoms with Gasteiger partial charge in [-0.1, -0.05) is 0 Å². The number of hydrogen-bond acceptors (Lipinski definition) is 6. The predicted molar refractivity (Wildman–Crippen MR) is 59.9 cm³/mol. The predicted octanol–water partition coefficient (Wildman–Crippen LogP) is 0.876. The van der Waals surface area contributed by atoms with Crippen LogP contribution in [0.2, 0.25) is 0 Å². The maximum atomic E-state index is 10.8. The van der Waals surface area contributed by atoms with Crippen molar-refractivity contribution in [1.29, 1.82) is 0 Å². The Morgan fingerprint density at radius 1 is 1.24 bits per heavy atom. The van der Waals surface area contributed by atoms with Crippen LogP contribution in [0.4, 0.5) is 0 Å². The first-order valence-corrected chi connectivity index (χ1v) is 5.38. The summed E-state index contributed by atoms with van der Waals surface area (Å²) in [5, 5.41) is 4.12. The fourth-order valence-electron chi connectivity index (χ4n) is 1.16. The third kappa shape index (κ3) is 9.28. The third-order valence-electron chi connectivity index (χ3n) is 2.01. The fourth-order valence-corrected chi connectivity index (χ4v) is 1.16. The zero-order valence-corrected chi connectivity index (χ0v) is 10.2. The van der Waals surface area contributed by atoms with Crippen molar-refractivity contribution in [3.8, 4) is 0 Å². The van der Waals surface area contributed by atoms with Gasteiger partial charge in [0.15, 0.2) is 0 Å². The van der Waals surface area contributed by atoms with Gasteiger partial charge in [0, 0.05) is 32.9 Å². The van der Waals surface area contributed by atoms with Crippen molar-refractivity contribution in [1.82, 2.24) is 5.01 Å². The highest BCUT2D eigenvalue weighted by Gasteiger charge is 2.06. The molecule has 0 heterocycles. The summed E-state index contributed by atoms with van der Waals surface area (Å²) in [6.45, 7) is 2.38. The summed E-state index contributed by atoms with van der Waals surface area (Å²) < 4.78 is 9.18. The van der Waals surface area contributed by atoms with E-state index in [1.54, 1.807) is 0 Å². The number of rotatable bonds is 9. The molecule has 0 bridgehead atoms. The third-order valence-corrected chi connectivity index (χ3v) is 2.01. The van der Waals surface area contributed by atoms with Crippen molar-refractivity contribution in [2.24, 2.45) is 5.29 Å². The van der Waals surface area contributed by atoms with Crippen LogP contribution in [0.15, 0.2) is 5.29 Å². The molecule has 0 aromatic carbocycles. The van der Waals surface area contributed by atoms with E-state index in [1.807, 2.05) is 0 Å². The lowest BCUT2D eigenvalue weighted by molar-refractivity contribution is -0.142. The van der Waals surface area contributed by atoms with Crippen molar-refractivity contribution in [3.05, 3.63) is 4.91 Å². The molecule has 0 aromatic rings. The van der Waals surface area contributed by atoms with E-state index >= 15 is 0 Å². The standard InChI is InChI=1S/C10H18N2O5/c1-9(13)17-8-4-7-12(11-15)6-3-5-10(14)16-2/h3-8H2,1-2H3. The highest BCUT2D eigenvalue weighted by atomic mass is 16.5. The molecule has 0 unspecified atom stereocenters. The summed E-state index contributed by atoms with van der Waals surface area (Å²) in [5.74, 6) is -0.655. The molecule has 0 aromatic heterocycles. The molecule has 0 fully saturated rings. The van der Waals surface area contributed by atoms with Crippen LogP contribution in [0, 0.1) is 4.91 Å². The van der Waals surface area contributed by atoms with Crippen LogP contribution in [0.25, 0.3) is 0 Å². The number of carbonyl (C=O) groups is 2. The molecule has 98 valence electrons. The maximum Gasteiger partial charge on any atom is 0.305 e. The number of hydrogen-bond donors (Lipinski definition) is 0. The molecule has 7 nitrogen and oxygen atoms in total. The first kappa shape index (κ1) is 15.3. The van der Waals surface area contributed by atoms with Gasteiger partial charge < -0.3 is 9.47 Å². The minimum absolute atomic E-state index is 0.256. The van der Waals surface area contributed by atoms with Gasteiger partial charge in [0.05, 0.1) is 19.0 Å². The Morgan fingerprint density at radius 2 is 1.88 bits per heavy atom. The number of ether oxygens (including phenoxy) is 2. The Hall–Kier alpha value is -1.66. The Kier molecular flexibility index (Phi) is 8.62. The second kappa shape index (κ2) is 9.56. The largest absolute Gasteiger partial charge is 0.469 e. The van der Waals surface area contributed by atoms with Gasteiger partial charge in [0.2, 0.25) is 0 Å². The lowest BCUT2D eigenvalue weighted by Crippen LogP contribution is -2.21. The molecule has 0 atom stereocenters. The Balaban J connectivity index is 3.59. The molecule has 7 heteroatoms. The van der Waals surface area contributed by atoms with E-state index in [1.165, 1.54) is 19.0 Å². The molecule has 0 rings (SSSR count). The monoisotopic (exact) mass is 246 g/mol. The topological polar surface area (TPSA) is 85.3 Å². The SMILES string of the molecule is COC(=O)CCCN(CCCOC(C)=O)N=O. The van der Waals surface area contributed by atoms with Crippen molar-refractivity contribution in [2.75, 3.05) is 26.8 Å². The summed E-state index contributed by atoms with van der Waals surface area (Å²) in [7, 11) is 1.32. The number of methoxy groups -OCH3 is 1. The van der Waals surface area contributed by atoms with Crippen LogP contribution in [-0.4, -0.2) is 43.8 Å². The van der Waals surface area contributed by atoms with E-state index in [2.05, 4.69) is 10.0 Å². The normalized spacial score (nSPS) is 9.53. The number of esters is 2. The fraction of sp³-hybridized carbons (Fsp3) is 0.800. The minimum Gasteiger partial charge on any atom is -0.469 e. The first-order valence-electron chi connectivity index (χ1n) is 5.38. The second-order valence-electron chi connectivity index (χ2n) is 3.41. The van der Waals surface area contributed by atoms with E-state index in [0.29, 0.717) is 25.9 Å². The highest BCUT2D eigenvalue weighted by molar-refractivity contribution is 5.69. The smallest absolute Gasteiger partial charge is 0.305 e. The van der Waals surface area contributed by atoms with Gasteiger partial charge in [-0.05, 0) is 6.42 Å². The van der Waals surface area contributed by atoms with Gasteiger partial charge in [0.1, 0.15) is 0 Å². The Bertz CT molecular complexity index is 257. The molecule has 0 radical (unpaired) electrons. The van der Waals surface area contributed by atoms with Gasteiger partial charge in [-0.25, -0.2) is 0 Å². The molecule has 0 aliphatic rings. The van der Waals surface area contributed by atoms with Gasteiger partial charge in [-0.2, -0.15) is 0 Å². The molecule has 0 saturated carbocycles. The maximum absolute atomic E-state index is 10.8. The number of nitroso groups, excluding NO2 is 1. The van der Waals surface area contributed by atoms with Gasteiger partial charge in [-0.15, -0.1) is 4.91 Å². The van der Waals surface area contributed by atoms with Crippen LogP contribution in [-0.2, 0) is 19.1 Å². The molecule has 0 aliphatic carbocycles. The summed E-state index contributed by atoms with van der Waals surface area (Å²) in [4.78, 5) is 31.7. The molecule has 0 amide bonds.